The van der Waals surface area contributed by atoms with E-state index in [1.165, 1.54) is 0 Å². The van der Waals surface area contributed by atoms with Crippen molar-refractivity contribution in [3.8, 4) is 0 Å². The van der Waals surface area contributed by atoms with Crippen LogP contribution in [0.25, 0.3) is 33.1 Å². The summed E-state index contributed by atoms with van der Waals surface area (Å²) in [5.41, 5.74) is 3.36. The van der Waals surface area contributed by atoms with Gasteiger partial charge in [-0.05, 0) is 24.3 Å². The lowest BCUT2D eigenvalue weighted by Crippen LogP contribution is -2.09. The number of aromatic nitrogens is 3. The molecular weight excluding hydrogens is 302 g/mol. The minimum absolute atomic E-state index is 0.187. The largest absolute Gasteiger partial charge is 0.480 e. The number of hydrogen-bond donors (Lipinski definition) is 1. The molecule has 0 fully saturated rings. The van der Waals surface area contributed by atoms with Gasteiger partial charge >= 0.3 is 5.97 Å². The van der Waals surface area contributed by atoms with Crippen molar-refractivity contribution in [1.82, 2.24) is 14.5 Å². The average Bonchev–Trinajstić information content (AvgIpc) is 2.79. The SMILES string of the molecule is O=C(O)Cn1c2cccc(Cl)c2c2nc3ccccc3nc21. The Bertz CT molecular complexity index is 1060. The van der Waals surface area contributed by atoms with Crippen molar-refractivity contribution in [3.63, 3.8) is 0 Å². The van der Waals surface area contributed by atoms with E-state index in [9.17, 15) is 9.90 Å². The third kappa shape index (κ3) is 1.83. The number of fused-ring (bicyclic) bond motifs is 4. The second-order valence-electron chi connectivity index (χ2n) is 5.00. The summed E-state index contributed by atoms with van der Waals surface area (Å²) < 4.78 is 1.64. The molecule has 2 heterocycles. The van der Waals surface area contributed by atoms with Gasteiger partial charge in [0.25, 0.3) is 0 Å². The molecule has 0 aliphatic rings. The molecule has 0 spiro atoms. The highest BCUT2D eigenvalue weighted by Crippen LogP contribution is 2.33. The molecule has 4 rings (SSSR count). The summed E-state index contributed by atoms with van der Waals surface area (Å²) >= 11 is 6.31. The second kappa shape index (κ2) is 4.68. The first-order chi connectivity index (χ1) is 10.6. The van der Waals surface area contributed by atoms with Gasteiger partial charge in [0, 0.05) is 5.39 Å². The molecule has 108 valence electrons. The minimum atomic E-state index is -0.936. The summed E-state index contributed by atoms with van der Waals surface area (Å²) in [6, 6.07) is 12.9. The highest BCUT2D eigenvalue weighted by Gasteiger charge is 2.17. The van der Waals surface area contributed by atoms with Crippen molar-refractivity contribution in [2.75, 3.05) is 0 Å². The van der Waals surface area contributed by atoms with E-state index in [0.29, 0.717) is 16.2 Å². The Morgan fingerprint density at radius 2 is 1.82 bits per heavy atom. The van der Waals surface area contributed by atoms with E-state index in [0.717, 1.165) is 21.9 Å². The van der Waals surface area contributed by atoms with E-state index in [2.05, 4.69) is 9.97 Å². The zero-order valence-corrected chi connectivity index (χ0v) is 12.1. The van der Waals surface area contributed by atoms with Crippen molar-refractivity contribution in [2.45, 2.75) is 6.54 Å². The van der Waals surface area contributed by atoms with Crippen LogP contribution in [0, 0.1) is 0 Å². The van der Waals surface area contributed by atoms with Crippen LogP contribution in [-0.4, -0.2) is 25.6 Å². The topological polar surface area (TPSA) is 68.0 Å². The first-order valence-corrected chi connectivity index (χ1v) is 7.08. The fraction of sp³-hybridized carbons (Fsp3) is 0.0625. The third-order valence-corrected chi connectivity index (χ3v) is 3.94. The molecule has 0 saturated heterocycles. The molecule has 22 heavy (non-hydrogen) atoms. The Labute approximate surface area is 129 Å². The summed E-state index contributed by atoms with van der Waals surface area (Å²) in [6.07, 6.45) is 0. The highest BCUT2D eigenvalue weighted by atomic mass is 35.5. The Kier molecular flexibility index (Phi) is 2.77. The number of carboxylic acid groups (broad SMARTS) is 1. The number of benzene rings is 2. The van der Waals surface area contributed by atoms with E-state index in [1.807, 2.05) is 30.3 Å². The van der Waals surface area contributed by atoms with Gasteiger partial charge in [-0.15, -0.1) is 0 Å². The zero-order chi connectivity index (χ0) is 15.3. The number of carbonyl (C=O) groups is 1. The molecule has 6 heteroatoms. The highest BCUT2D eigenvalue weighted by molar-refractivity contribution is 6.37. The molecular formula is C16H10ClN3O2. The molecule has 0 atom stereocenters. The number of para-hydroxylation sites is 2. The standard InChI is InChI=1S/C16H10ClN3O2/c17-9-4-3-7-12-14(9)15-16(20(12)8-13(21)22)19-11-6-2-1-5-10(11)18-15/h1-7H,8H2,(H,21,22). The Balaban J connectivity index is 2.24. The normalized spacial score (nSPS) is 11.5. The molecule has 4 aromatic rings. The number of nitrogens with zero attached hydrogens (tertiary/aromatic N) is 3. The van der Waals surface area contributed by atoms with Crippen molar-refractivity contribution < 1.29 is 9.90 Å². The summed E-state index contributed by atoms with van der Waals surface area (Å²) in [4.78, 5) is 20.4. The molecule has 5 nitrogen and oxygen atoms in total. The van der Waals surface area contributed by atoms with Gasteiger partial charge < -0.3 is 9.67 Å². The van der Waals surface area contributed by atoms with Crippen LogP contribution in [0.1, 0.15) is 0 Å². The lowest BCUT2D eigenvalue weighted by molar-refractivity contribution is -0.137. The van der Waals surface area contributed by atoms with E-state index in [1.54, 1.807) is 16.7 Å². The lowest BCUT2D eigenvalue weighted by Gasteiger charge is -2.03. The first-order valence-electron chi connectivity index (χ1n) is 6.70. The van der Waals surface area contributed by atoms with Gasteiger partial charge in [0.05, 0.1) is 21.6 Å². The van der Waals surface area contributed by atoms with Crippen LogP contribution in [-0.2, 0) is 11.3 Å². The summed E-state index contributed by atoms with van der Waals surface area (Å²) in [6.45, 7) is -0.187. The van der Waals surface area contributed by atoms with Crippen LogP contribution in [0.4, 0.5) is 0 Å². The molecule has 0 aliphatic heterocycles. The van der Waals surface area contributed by atoms with E-state index >= 15 is 0 Å². The van der Waals surface area contributed by atoms with Gasteiger partial charge in [-0.2, -0.15) is 0 Å². The van der Waals surface area contributed by atoms with E-state index in [4.69, 9.17) is 11.6 Å². The fourth-order valence-electron chi connectivity index (χ4n) is 2.73. The number of hydrogen-bond acceptors (Lipinski definition) is 3. The van der Waals surface area contributed by atoms with E-state index < -0.39 is 5.97 Å². The second-order valence-corrected chi connectivity index (χ2v) is 5.41. The van der Waals surface area contributed by atoms with Crippen LogP contribution in [0.3, 0.4) is 0 Å². The maximum Gasteiger partial charge on any atom is 0.323 e. The molecule has 0 radical (unpaired) electrons. The van der Waals surface area contributed by atoms with Gasteiger partial charge in [-0.1, -0.05) is 29.8 Å². The van der Waals surface area contributed by atoms with Crippen LogP contribution >= 0.6 is 11.6 Å². The molecule has 1 N–H and O–H groups in total. The van der Waals surface area contributed by atoms with Crippen molar-refractivity contribution >= 4 is 50.7 Å². The van der Waals surface area contributed by atoms with Gasteiger partial charge in [0.1, 0.15) is 12.1 Å². The summed E-state index contributed by atoms with van der Waals surface area (Å²) in [5, 5.41) is 10.5. The monoisotopic (exact) mass is 311 g/mol. The molecule has 2 aromatic heterocycles. The summed E-state index contributed by atoms with van der Waals surface area (Å²) in [7, 11) is 0. The first kappa shape index (κ1) is 13.0. The van der Waals surface area contributed by atoms with Crippen LogP contribution in [0.2, 0.25) is 5.02 Å². The van der Waals surface area contributed by atoms with E-state index in [-0.39, 0.29) is 6.54 Å². The average molecular weight is 312 g/mol. The smallest absolute Gasteiger partial charge is 0.323 e. The maximum atomic E-state index is 11.2. The number of aliphatic carboxylic acids is 1. The number of halogens is 1. The van der Waals surface area contributed by atoms with Crippen LogP contribution < -0.4 is 0 Å². The molecule has 2 aromatic carbocycles. The quantitative estimate of drug-likeness (QED) is 0.615. The van der Waals surface area contributed by atoms with Gasteiger partial charge in [-0.25, -0.2) is 9.97 Å². The molecule has 0 amide bonds. The molecule has 0 bridgehead atoms. The van der Waals surface area contributed by atoms with Crippen LogP contribution in [0.5, 0.6) is 0 Å². The lowest BCUT2D eigenvalue weighted by atomic mass is 10.2. The third-order valence-electron chi connectivity index (χ3n) is 3.62. The fourth-order valence-corrected chi connectivity index (χ4v) is 2.99. The van der Waals surface area contributed by atoms with Gasteiger partial charge in [-0.3, -0.25) is 4.79 Å². The van der Waals surface area contributed by atoms with Crippen molar-refractivity contribution in [3.05, 3.63) is 47.5 Å². The summed E-state index contributed by atoms with van der Waals surface area (Å²) in [5.74, 6) is -0.936. The Morgan fingerprint density at radius 1 is 1.09 bits per heavy atom. The number of carboxylic acids is 1. The van der Waals surface area contributed by atoms with Crippen molar-refractivity contribution in [2.24, 2.45) is 0 Å². The maximum absolute atomic E-state index is 11.2. The number of rotatable bonds is 2. The molecule has 0 unspecified atom stereocenters. The van der Waals surface area contributed by atoms with Crippen molar-refractivity contribution in [1.29, 1.82) is 0 Å². The minimum Gasteiger partial charge on any atom is -0.480 e. The predicted molar refractivity (Wildman–Crippen MR) is 85.2 cm³/mol. The van der Waals surface area contributed by atoms with Gasteiger partial charge in [0.2, 0.25) is 0 Å². The van der Waals surface area contributed by atoms with Crippen LogP contribution in [0.15, 0.2) is 42.5 Å². The Hall–Kier alpha value is -2.66. The molecule has 0 aliphatic carbocycles. The predicted octanol–water partition coefficient (Wildman–Crippen LogP) is 3.48. The zero-order valence-electron chi connectivity index (χ0n) is 11.3. The van der Waals surface area contributed by atoms with Gasteiger partial charge in [0.15, 0.2) is 5.65 Å². The Morgan fingerprint density at radius 3 is 2.55 bits per heavy atom. The molecule has 0 saturated carbocycles.